The second-order valence-electron chi connectivity index (χ2n) is 1.38. The Morgan fingerprint density at radius 3 is 2.50 bits per heavy atom. The van der Waals surface area contributed by atoms with E-state index in [-0.39, 0.29) is 5.97 Å². The van der Waals surface area contributed by atoms with E-state index in [1.165, 1.54) is 0 Å². The molecule has 0 N–H and O–H groups in total. The van der Waals surface area contributed by atoms with Crippen LogP contribution in [0.1, 0.15) is 6.92 Å². The molecule has 0 saturated heterocycles. The van der Waals surface area contributed by atoms with E-state index < -0.39 is 0 Å². The zero-order valence-electron chi connectivity index (χ0n) is 4.81. The Morgan fingerprint density at radius 1 is 1.88 bits per heavy atom. The van der Waals surface area contributed by atoms with Crippen molar-refractivity contribution < 1.29 is 9.53 Å². The summed E-state index contributed by atoms with van der Waals surface area (Å²) in [5.74, 6) is -0.333. The monoisotopic (exact) mass is 132 g/mol. The maximum absolute atomic E-state index is 10.4. The lowest BCUT2D eigenvalue weighted by Crippen LogP contribution is -2.01. The van der Waals surface area contributed by atoms with E-state index in [9.17, 15) is 4.79 Å². The van der Waals surface area contributed by atoms with Gasteiger partial charge in [0.2, 0.25) is 0 Å². The van der Waals surface area contributed by atoms with Crippen molar-refractivity contribution in [3.63, 3.8) is 0 Å². The lowest BCUT2D eigenvalue weighted by atomic mass is 10.4. The number of carbonyl (C=O) groups excluding carboxylic acids is 1. The van der Waals surface area contributed by atoms with Gasteiger partial charge >= 0.3 is 5.97 Å². The first kappa shape index (κ1) is 7.64. The van der Waals surface area contributed by atoms with E-state index in [1.807, 2.05) is 0 Å². The van der Waals surface area contributed by atoms with Crippen LogP contribution in [0.5, 0.6) is 0 Å². The van der Waals surface area contributed by atoms with Crippen LogP contribution < -0.4 is 0 Å². The van der Waals surface area contributed by atoms with Gasteiger partial charge in [-0.2, -0.15) is 0 Å². The van der Waals surface area contributed by atoms with Crippen LogP contribution in [-0.4, -0.2) is 12.3 Å². The van der Waals surface area contributed by atoms with Crippen molar-refractivity contribution in [2.24, 2.45) is 0 Å². The molecule has 3 heteroatoms. The van der Waals surface area contributed by atoms with Crippen molar-refractivity contribution in [1.29, 1.82) is 0 Å². The molecule has 0 radical (unpaired) electrons. The summed E-state index contributed by atoms with van der Waals surface area (Å²) in [6, 6.07) is 0. The fourth-order valence-corrected chi connectivity index (χ4v) is 0.350. The molecule has 0 aliphatic heterocycles. The first-order valence-electron chi connectivity index (χ1n) is 2.21. The van der Waals surface area contributed by atoms with Crippen LogP contribution in [-0.2, 0) is 9.53 Å². The number of hydrogen-bond donors (Lipinski definition) is 0. The van der Waals surface area contributed by atoms with Gasteiger partial charge in [-0.15, -0.1) is 0 Å². The average molecular weight is 132 g/mol. The summed E-state index contributed by atoms with van der Waals surface area (Å²) in [6.45, 7) is 5.00. The summed E-state index contributed by atoms with van der Waals surface area (Å²) in [7, 11) is 2.28. The molecule has 0 aliphatic carbocycles. The minimum absolute atomic E-state index is 0.333. The highest BCUT2D eigenvalue weighted by atomic mass is 31.0. The van der Waals surface area contributed by atoms with Crippen molar-refractivity contribution in [2.45, 2.75) is 6.92 Å². The van der Waals surface area contributed by atoms with Crippen LogP contribution in [0, 0.1) is 0 Å². The topological polar surface area (TPSA) is 26.3 Å². The molecule has 0 fully saturated rings. The maximum Gasteiger partial charge on any atom is 0.333 e. The van der Waals surface area contributed by atoms with E-state index >= 15 is 0 Å². The van der Waals surface area contributed by atoms with Crippen LogP contribution >= 0.6 is 9.24 Å². The fraction of sp³-hybridized carbons (Fsp3) is 0.400. The minimum Gasteiger partial charge on any atom is -0.458 e. The van der Waals surface area contributed by atoms with Gasteiger partial charge in [-0.05, 0) is 6.92 Å². The van der Waals surface area contributed by atoms with Gasteiger partial charge in [0.15, 0.2) is 0 Å². The highest BCUT2D eigenvalue weighted by Crippen LogP contribution is 1.93. The van der Waals surface area contributed by atoms with Gasteiger partial charge in [-0.25, -0.2) is 4.79 Å². The second kappa shape index (κ2) is 3.62. The molecule has 0 saturated carbocycles. The third kappa shape index (κ3) is 2.75. The number of carbonyl (C=O) groups is 1. The molecule has 0 aromatic rings. The SMILES string of the molecule is C=C(C)C(=O)OCP. The first-order valence-corrected chi connectivity index (χ1v) is 3.03. The summed E-state index contributed by atoms with van der Waals surface area (Å²) < 4.78 is 4.53. The van der Waals surface area contributed by atoms with Crippen LogP contribution in [0.3, 0.4) is 0 Å². The lowest BCUT2D eigenvalue weighted by Gasteiger charge is -1.96. The number of rotatable bonds is 2. The quantitative estimate of drug-likeness (QED) is 0.317. The Morgan fingerprint density at radius 2 is 2.38 bits per heavy atom. The predicted octanol–water partition coefficient (Wildman–Crippen LogP) is 0.938. The van der Waals surface area contributed by atoms with E-state index in [0.717, 1.165) is 0 Å². The Kier molecular flexibility index (Phi) is 3.46. The number of ether oxygens (including phenoxy) is 1. The molecule has 0 rings (SSSR count). The normalized spacial score (nSPS) is 8.25. The third-order valence-electron chi connectivity index (χ3n) is 0.563. The molecule has 0 aromatic heterocycles. The zero-order valence-corrected chi connectivity index (χ0v) is 5.96. The average Bonchev–Trinajstić information content (AvgIpc) is 1.67. The van der Waals surface area contributed by atoms with Crippen molar-refractivity contribution in [2.75, 3.05) is 6.35 Å². The number of hydrogen-bond acceptors (Lipinski definition) is 2. The van der Waals surface area contributed by atoms with Gasteiger partial charge in [0, 0.05) is 5.57 Å². The smallest absolute Gasteiger partial charge is 0.333 e. The van der Waals surface area contributed by atoms with Gasteiger partial charge in [-0.3, -0.25) is 0 Å². The van der Waals surface area contributed by atoms with E-state index in [0.29, 0.717) is 11.9 Å². The van der Waals surface area contributed by atoms with Crippen molar-refractivity contribution in [1.82, 2.24) is 0 Å². The molecule has 1 atom stereocenters. The molecule has 0 amide bonds. The van der Waals surface area contributed by atoms with Gasteiger partial charge in [0.05, 0.1) is 0 Å². The van der Waals surface area contributed by atoms with Crippen molar-refractivity contribution in [3.8, 4) is 0 Å². The Hall–Kier alpha value is -0.360. The summed E-state index contributed by atoms with van der Waals surface area (Å²) in [6.07, 6.45) is 0.339. The highest BCUT2D eigenvalue weighted by molar-refractivity contribution is 7.16. The molecule has 0 spiro atoms. The summed E-state index contributed by atoms with van der Waals surface area (Å²) >= 11 is 0. The maximum atomic E-state index is 10.4. The van der Waals surface area contributed by atoms with Crippen LogP contribution in [0.2, 0.25) is 0 Å². The molecule has 2 nitrogen and oxygen atoms in total. The van der Waals surface area contributed by atoms with E-state index in [4.69, 9.17) is 0 Å². The van der Waals surface area contributed by atoms with Gasteiger partial charge in [0.1, 0.15) is 6.35 Å². The molecule has 46 valence electrons. The molecule has 1 unspecified atom stereocenters. The van der Waals surface area contributed by atoms with Crippen molar-refractivity contribution >= 4 is 15.2 Å². The van der Waals surface area contributed by atoms with Crippen LogP contribution in [0.15, 0.2) is 12.2 Å². The molecule has 0 heterocycles. The van der Waals surface area contributed by atoms with Crippen molar-refractivity contribution in [3.05, 3.63) is 12.2 Å². The van der Waals surface area contributed by atoms with Gasteiger partial charge in [-0.1, -0.05) is 15.8 Å². The van der Waals surface area contributed by atoms with Crippen LogP contribution in [0.4, 0.5) is 0 Å². The van der Waals surface area contributed by atoms with Gasteiger partial charge in [0.25, 0.3) is 0 Å². The molecule has 0 aromatic carbocycles. The summed E-state index contributed by atoms with van der Waals surface area (Å²) in [5.41, 5.74) is 0.437. The highest BCUT2D eigenvalue weighted by Gasteiger charge is 1.98. The molecular formula is C5H9O2P. The van der Waals surface area contributed by atoms with Gasteiger partial charge < -0.3 is 4.74 Å². The molecule has 8 heavy (non-hydrogen) atoms. The molecular weight excluding hydrogens is 123 g/mol. The first-order chi connectivity index (χ1) is 3.68. The Bertz CT molecular complexity index is 109. The van der Waals surface area contributed by atoms with Crippen LogP contribution in [0.25, 0.3) is 0 Å². The van der Waals surface area contributed by atoms with E-state index in [1.54, 1.807) is 6.92 Å². The van der Waals surface area contributed by atoms with E-state index in [2.05, 4.69) is 20.6 Å². The molecule has 0 bridgehead atoms. The summed E-state index contributed by atoms with van der Waals surface area (Å²) in [5, 5.41) is 0. The second-order valence-corrected chi connectivity index (χ2v) is 1.71. The fourth-order valence-electron chi connectivity index (χ4n) is 0.199. The standard InChI is InChI=1S/C5H9O2P/c1-4(2)5(6)7-3-8/h1,3,8H2,2H3. The third-order valence-corrected chi connectivity index (χ3v) is 0.730. The largest absolute Gasteiger partial charge is 0.458 e. The summed E-state index contributed by atoms with van der Waals surface area (Å²) in [4.78, 5) is 10.4. The predicted molar refractivity (Wildman–Crippen MR) is 35.5 cm³/mol. The number of esters is 1. The molecule has 0 aliphatic rings. The Balaban J connectivity index is 3.49. The lowest BCUT2D eigenvalue weighted by molar-refractivity contribution is -0.136. The zero-order chi connectivity index (χ0) is 6.57. The minimum atomic E-state index is -0.333. The Labute approximate surface area is 51.1 Å².